The van der Waals surface area contributed by atoms with Gasteiger partial charge in [-0.05, 0) is 24.3 Å². The maximum absolute atomic E-state index is 11.1. The van der Waals surface area contributed by atoms with Crippen LogP contribution in [0.2, 0.25) is 5.02 Å². The zero-order chi connectivity index (χ0) is 16.5. The first-order chi connectivity index (χ1) is 10.2. The summed E-state index contributed by atoms with van der Waals surface area (Å²) < 4.78 is 31.3. The Morgan fingerprint density at radius 1 is 1.09 bits per heavy atom. The van der Waals surface area contributed by atoms with Crippen LogP contribution in [-0.2, 0) is 10.1 Å². The predicted molar refractivity (Wildman–Crippen MR) is 80.0 cm³/mol. The molecule has 2 rings (SSSR count). The smallest absolute Gasteiger partial charge is 0.298 e. The minimum Gasteiger partial charge on any atom is -0.508 e. The highest BCUT2D eigenvalue weighted by molar-refractivity contribution is 7.86. The van der Waals surface area contributed by atoms with Crippen LogP contribution in [-0.4, -0.2) is 34.5 Å². The van der Waals surface area contributed by atoms with E-state index >= 15 is 0 Å². The van der Waals surface area contributed by atoms with Gasteiger partial charge in [-0.2, -0.15) is 8.42 Å². The van der Waals surface area contributed by atoms with Crippen LogP contribution in [0.4, 0.5) is 5.69 Å². The SMILES string of the molecule is O=S(=O)(O)c1cc(Cl)cc(N=Cc2ccc(O)cc2O)c1O. The van der Waals surface area contributed by atoms with Gasteiger partial charge in [0, 0.05) is 22.9 Å². The summed E-state index contributed by atoms with van der Waals surface area (Å²) in [5.74, 6) is -1.18. The quantitative estimate of drug-likeness (QED) is 0.500. The molecule has 0 aliphatic rings. The van der Waals surface area contributed by atoms with E-state index in [1.807, 2.05) is 0 Å². The van der Waals surface area contributed by atoms with Crippen molar-refractivity contribution in [3.8, 4) is 17.2 Å². The van der Waals surface area contributed by atoms with Gasteiger partial charge < -0.3 is 15.3 Å². The number of nitrogens with zero attached hydrogens (tertiary/aromatic N) is 1. The predicted octanol–water partition coefficient (Wildman–Crippen LogP) is 2.45. The molecule has 0 atom stereocenters. The molecule has 0 aliphatic heterocycles. The molecule has 9 heteroatoms. The first-order valence-corrected chi connectivity index (χ1v) is 7.56. The van der Waals surface area contributed by atoms with E-state index in [1.54, 1.807) is 0 Å². The lowest BCUT2D eigenvalue weighted by atomic mass is 10.2. The number of aromatic hydroxyl groups is 3. The molecule has 0 heterocycles. The Kier molecular flexibility index (Phi) is 4.27. The molecule has 0 spiro atoms. The molecule has 0 aromatic heterocycles. The van der Waals surface area contributed by atoms with Gasteiger partial charge in [-0.3, -0.25) is 9.55 Å². The van der Waals surface area contributed by atoms with Crippen molar-refractivity contribution in [3.05, 3.63) is 40.9 Å². The Bertz CT molecular complexity index is 863. The molecular formula is C13H10ClNO6S. The van der Waals surface area contributed by atoms with Gasteiger partial charge in [0.05, 0.1) is 0 Å². The average Bonchev–Trinajstić information content (AvgIpc) is 2.39. The van der Waals surface area contributed by atoms with Crippen LogP contribution in [0.15, 0.2) is 40.2 Å². The summed E-state index contributed by atoms with van der Waals surface area (Å²) in [6.07, 6.45) is 1.13. The van der Waals surface area contributed by atoms with Crippen LogP contribution < -0.4 is 0 Å². The second-order valence-corrected chi connectivity index (χ2v) is 6.07. The Morgan fingerprint density at radius 3 is 2.36 bits per heavy atom. The molecule has 0 unspecified atom stereocenters. The first-order valence-electron chi connectivity index (χ1n) is 5.74. The standard InChI is InChI=1S/C13H10ClNO6S/c14-8-3-10(13(18)12(4-8)22(19,20)21)15-6-7-1-2-9(16)5-11(7)17/h1-6,16-18H,(H,19,20,21). The molecule has 0 saturated carbocycles. The Morgan fingerprint density at radius 2 is 1.77 bits per heavy atom. The molecule has 0 fully saturated rings. The van der Waals surface area contributed by atoms with Crippen LogP contribution in [0.5, 0.6) is 17.2 Å². The zero-order valence-electron chi connectivity index (χ0n) is 10.8. The molecule has 4 N–H and O–H groups in total. The molecule has 22 heavy (non-hydrogen) atoms. The van der Waals surface area contributed by atoms with Crippen molar-refractivity contribution in [3.63, 3.8) is 0 Å². The van der Waals surface area contributed by atoms with Gasteiger partial charge >= 0.3 is 0 Å². The number of phenolic OH excluding ortho intramolecular Hbond substituents is 3. The number of aliphatic imine (C=N–C) groups is 1. The molecule has 2 aromatic carbocycles. The van der Waals surface area contributed by atoms with Gasteiger partial charge in [0.25, 0.3) is 10.1 Å². The van der Waals surface area contributed by atoms with Crippen LogP contribution in [0.25, 0.3) is 0 Å². The van der Waals surface area contributed by atoms with Crippen molar-refractivity contribution in [2.24, 2.45) is 4.99 Å². The second-order valence-electron chi connectivity index (χ2n) is 4.25. The molecule has 2 aromatic rings. The Labute approximate surface area is 130 Å². The maximum atomic E-state index is 11.1. The van der Waals surface area contributed by atoms with Gasteiger partial charge in [-0.15, -0.1) is 0 Å². The van der Waals surface area contributed by atoms with Crippen LogP contribution in [0.1, 0.15) is 5.56 Å². The highest BCUT2D eigenvalue weighted by atomic mass is 35.5. The minimum absolute atomic E-state index is 0.0625. The summed E-state index contributed by atoms with van der Waals surface area (Å²) in [4.78, 5) is 3.05. The molecule has 0 radical (unpaired) electrons. The highest BCUT2D eigenvalue weighted by Crippen LogP contribution is 2.36. The summed E-state index contributed by atoms with van der Waals surface area (Å²) in [6.45, 7) is 0. The minimum atomic E-state index is -4.67. The molecular weight excluding hydrogens is 334 g/mol. The second kappa shape index (κ2) is 5.84. The van der Waals surface area contributed by atoms with Crippen LogP contribution in [0.3, 0.4) is 0 Å². The zero-order valence-corrected chi connectivity index (χ0v) is 12.4. The first kappa shape index (κ1) is 16.1. The van der Waals surface area contributed by atoms with Crippen molar-refractivity contribution in [2.45, 2.75) is 4.90 Å². The van der Waals surface area contributed by atoms with E-state index < -0.39 is 20.8 Å². The number of rotatable bonds is 3. The number of hydrogen-bond acceptors (Lipinski definition) is 6. The van der Waals surface area contributed by atoms with Crippen molar-refractivity contribution in [1.82, 2.24) is 0 Å². The molecule has 116 valence electrons. The van der Waals surface area contributed by atoms with Gasteiger partial charge in [-0.25, -0.2) is 0 Å². The third-order valence-corrected chi connectivity index (χ3v) is 3.74. The van der Waals surface area contributed by atoms with Crippen molar-refractivity contribution in [1.29, 1.82) is 0 Å². The van der Waals surface area contributed by atoms with Gasteiger partial charge in [-0.1, -0.05) is 11.6 Å². The van der Waals surface area contributed by atoms with E-state index in [0.717, 1.165) is 18.3 Å². The lowest BCUT2D eigenvalue weighted by molar-refractivity contribution is 0.444. The summed E-state index contributed by atoms with van der Waals surface area (Å²) in [5.41, 5.74) is -0.00168. The van der Waals surface area contributed by atoms with Crippen molar-refractivity contribution >= 4 is 33.6 Å². The Balaban J connectivity index is 2.50. The molecule has 0 bridgehead atoms. The number of halogens is 1. The van der Waals surface area contributed by atoms with E-state index in [2.05, 4.69) is 4.99 Å². The largest absolute Gasteiger partial charge is 0.508 e. The third-order valence-electron chi connectivity index (χ3n) is 2.65. The van der Waals surface area contributed by atoms with Crippen LogP contribution >= 0.6 is 11.6 Å². The van der Waals surface area contributed by atoms with E-state index in [1.165, 1.54) is 18.2 Å². The van der Waals surface area contributed by atoms with E-state index in [0.29, 0.717) is 0 Å². The third kappa shape index (κ3) is 3.48. The number of phenols is 3. The fourth-order valence-electron chi connectivity index (χ4n) is 1.64. The van der Waals surface area contributed by atoms with Crippen molar-refractivity contribution in [2.75, 3.05) is 0 Å². The molecule has 0 aliphatic carbocycles. The van der Waals surface area contributed by atoms with E-state index in [9.17, 15) is 23.7 Å². The number of benzene rings is 2. The highest BCUT2D eigenvalue weighted by Gasteiger charge is 2.19. The summed E-state index contributed by atoms with van der Waals surface area (Å²) in [5, 5.41) is 28.5. The molecule has 0 amide bonds. The van der Waals surface area contributed by atoms with Gasteiger partial charge in [0.15, 0.2) is 5.75 Å². The van der Waals surface area contributed by atoms with E-state index in [4.69, 9.17) is 16.2 Å². The average molecular weight is 344 g/mol. The fourth-order valence-corrected chi connectivity index (χ4v) is 2.54. The van der Waals surface area contributed by atoms with Crippen LogP contribution in [0, 0.1) is 0 Å². The summed E-state index contributed by atoms with van der Waals surface area (Å²) >= 11 is 5.72. The van der Waals surface area contributed by atoms with Crippen molar-refractivity contribution < 1.29 is 28.3 Å². The maximum Gasteiger partial charge on any atom is 0.298 e. The lowest BCUT2D eigenvalue weighted by Crippen LogP contribution is -1.98. The van der Waals surface area contributed by atoms with Gasteiger partial charge in [0.1, 0.15) is 22.1 Å². The molecule has 0 saturated heterocycles. The summed E-state index contributed by atoms with van der Waals surface area (Å²) in [6, 6.07) is 5.81. The lowest BCUT2D eigenvalue weighted by Gasteiger charge is -2.05. The van der Waals surface area contributed by atoms with Gasteiger partial charge in [0.2, 0.25) is 0 Å². The molecule has 7 nitrogen and oxygen atoms in total. The topological polar surface area (TPSA) is 127 Å². The number of hydrogen-bond donors (Lipinski definition) is 4. The monoisotopic (exact) mass is 343 g/mol. The Hall–Kier alpha value is -2.29. The van der Waals surface area contributed by atoms with E-state index in [-0.39, 0.29) is 27.8 Å². The summed E-state index contributed by atoms with van der Waals surface area (Å²) in [7, 11) is -4.67. The fraction of sp³-hybridized carbons (Fsp3) is 0. The normalized spacial score (nSPS) is 11.9.